The summed E-state index contributed by atoms with van der Waals surface area (Å²) in [6, 6.07) is 0. The molecule has 0 spiro atoms. The average molecular weight is 199 g/mol. The molecule has 8 heteroatoms. The number of aromatic nitrogens is 4. The summed E-state index contributed by atoms with van der Waals surface area (Å²) in [7, 11) is -4.57. The van der Waals surface area contributed by atoms with Gasteiger partial charge in [-0.2, -0.15) is 12.4 Å². The first kappa shape index (κ1) is 8.08. The maximum absolute atomic E-state index is 10.6. The van der Waals surface area contributed by atoms with Gasteiger partial charge < -0.3 is 0 Å². The Hall–Kier alpha value is -1.54. The Kier molecular flexibility index (Phi) is 1.54. The van der Waals surface area contributed by atoms with Crippen LogP contribution >= 0.6 is 0 Å². The third-order valence-electron chi connectivity index (χ3n) is 1.42. The summed E-state index contributed by atoms with van der Waals surface area (Å²) in [4.78, 5) is 10.9. The van der Waals surface area contributed by atoms with E-state index in [2.05, 4.69) is 15.0 Å². The quantitative estimate of drug-likeness (QED) is 0.607. The lowest BCUT2D eigenvalue weighted by atomic mass is 10.6. The number of nitrogens with zero attached hydrogens (tertiary/aromatic N) is 4. The zero-order chi connectivity index (χ0) is 9.47. The zero-order valence-corrected chi connectivity index (χ0v) is 6.97. The highest BCUT2D eigenvalue weighted by molar-refractivity contribution is 7.84. The van der Waals surface area contributed by atoms with Gasteiger partial charge in [0.1, 0.15) is 18.2 Å². The topological polar surface area (TPSA) is 97.6 Å². The smallest absolute Gasteiger partial charge is 0.242 e. The van der Waals surface area contributed by atoms with E-state index in [1.807, 2.05) is 0 Å². The second-order valence-electron chi connectivity index (χ2n) is 2.23. The van der Waals surface area contributed by atoms with Gasteiger partial charge in [-0.25, -0.2) is 15.0 Å². The minimum Gasteiger partial charge on any atom is -0.242 e. The largest absolute Gasteiger partial charge is 0.396 e. The second kappa shape index (κ2) is 2.47. The molecule has 0 aromatic carbocycles. The van der Waals surface area contributed by atoms with Gasteiger partial charge in [0, 0.05) is 0 Å². The molecule has 2 rings (SSSR count). The summed E-state index contributed by atoms with van der Waals surface area (Å²) in [6.45, 7) is 0. The van der Waals surface area contributed by atoms with Gasteiger partial charge in [-0.1, -0.05) is 4.55 Å². The van der Waals surface area contributed by atoms with Crippen molar-refractivity contribution in [3.8, 4) is 0 Å². The molecule has 7 nitrogen and oxygen atoms in total. The summed E-state index contributed by atoms with van der Waals surface area (Å²) < 4.78 is 32.3. The normalized spacial score (nSPS) is 12.1. The van der Waals surface area contributed by atoms with E-state index in [-0.39, 0.29) is 11.2 Å². The van der Waals surface area contributed by atoms with Crippen molar-refractivity contribution in [3.05, 3.63) is 18.9 Å². The summed E-state index contributed by atoms with van der Waals surface area (Å²) in [5.41, 5.74) is 0.256. The standard InChI is InChI=1S/C5H3N4O3S/c10-13(11,12)9-3-8-4-1-6-2-7-5(4)9/h1-3H. The second-order valence-corrected chi connectivity index (χ2v) is 3.48. The molecule has 0 saturated carbocycles. The predicted molar refractivity (Wildman–Crippen MR) is 40.3 cm³/mol. The maximum atomic E-state index is 10.6. The van der Waals surface area contributed by atoms with E-state index in [1.54, 1.807) is 0 Å². The molecule has 0 N–H and O–H groups in total. The fourth-order valence-corrected chi connectivity index (χ4v) is 1.42. The molecule has 0 amide bonds. The molecule has 0 unspecified atom stereocenters. The Morgan fingerprint density at radius 3 is 2.77 bits per heavy atom. The Bertz CT molecular complexity index is 546. The van der Waals surface area contributed by atoms with Crippen molar-refractivity contribution in [2.75, 3.05) is 0 Å². The lowest BCUT2D eigenvalue weighted by molar-refractivity contribution is 0.406. The first-order chi connectivity index (χ1) is 6.09. The van der Waals surface area contributed by atoms with Crippen LogP contribution in [0, 0.1) is 0 Å². The Morgan fingerprint density at radius 2 is 2.08 bits per heavy atom. The van der Waals surface area contributed by atoms with E-state index in [1.165, 1.54) is 6.20 Å². The first-order valence-corrected chi connectivity index (χ1v) is 4.55. The molecule has 0 atom stereocenters. The number of hydrogen-bond donors (Lipinski definition) is 0. The highest BCUT2D eigenvalue weighted by Crippen LogP contribution is 2.08. The number of hydrogen-bond acceptors (Lipinski definition) is 5. The monoisotopic (exact) mass is 199 g/mol. The van der Waals surface area contributed by atoms with Crippen LogP contribution in [0.2, 0.25) is 0 Å². The van der Waals surface area contributed by atoms with Crippen LogP contribution in [0.3, 0.4) is 0 Å². The van der Waals surface area contributed by atoms with Crippen LogP contribution in [-0.2, 0) is 14.9 Å². The molecule has 1 radical (unpaired) electrons. The van der Waals surface area contributed by atoms with Crippen molar-refractivity contribution in [1.82, 2.24) is 18.9 Å². The van der Waals surface area contributed by atoms with Crippen molar-refractivity contribution >= 4 is 21.5 Å². The van der Waals surface area contributed by atoms with Crippen LogP contribution in [0.25, 0.3) is 11.2 Å². The lowest BCUT2D eigenvalue weighted by Crippen LogP contribution is -2.08. The summed E-state index contributed by atoms with van der Waals surface area (Å²) >= 11 is 0. The minimum absolute atomic E-state index is 0.00926. The number of imidazole rings is 1. The van der Waals surface area contributed by atoms with Gasteiger partial charge in [0.05, 0.1) is 6.20 Å². The zero-order valence-electron chi connectivity index (χ0n) is 6.15. The molecular formula is C5H3N4O3S. The van der Waals surface area contributed by atoms with E-state index in [0.717, 1.165) is 12.7 Å². The molecule has 0 aliphatic rings. The summed E-state index contributed by atoms with van der Waals surface area (Å²) in [6.07, 6.45) is 3.37. The van der Waals surface area contributed by atoms with E-state index in [0.29, 0.717) is 3.97 Å². The lowest BCUT2D eigenvalue weighted by Gasteiger charge is -1.93. The summed E-state index contributed by atoms with van der Waals surface area (Å²) in [5, 5.41) is 0. The van der Waals surface area contributed by atoms with Gasteiger partial charge >= 0.3 is 10.3 Å². The van der Waals surface area contributed by atoms with Crippen LogP contribution in [0.5, 0.6) is 0 Å². The fraction of sp³-hybridized carbons (Fsp3) is 0. The average Bonchev–Trinajstić information content (AvgIpc) is 2.45. The molecule has 0 saturated heterocycles. The van der Waals surface area contributed by atoms with Crippen molar-refractivity contribution in [3.63, 3.8) is 0 Å². The van der Waals surface area contributed by atoms with Gasteiger partial charge in [-0.05, 0) is 0 Å². The van der Waals surface area contributed by atoms with Crippen molar-refractivity contribution in [2.24, 2.45) is 0 Å². The minimum atomic E-state index is -4.57. The van der Waals surface area contributed by atoms with E-state index >= 15 is 0 Å². The van der Waals surface area contributed by atoms with Crippen molar-refractivity contribution < 1.29 is 13.0 Å². The molecule has 0 bridgehead atoms. The fourth-order valence-electron chi connectivity index (χ4n) is 0.910. The molecular weight excluding hydrogens is 196 g/mol. The van der Waals surface area contributed by atoms with Crippen LogP contribution in [-0.4, -0.2) is 27.3 Å². The Morgan fingerprint density at radius 1 is 1.31 bits per heavy atom. The van der Waals surface area contributed by atoms with Crippen LogP contribution < -0.4 is 0 Å². The Balaban J connectivity index is 2.87. The third-order valence-corrected chi connectivity index (χ3v) is 2.17. The van der Waals surface area contributed by atoms with Gasteiger partial charge in [0.25, 0.3) is 0 Å². The van der Waals surface area contributed by atoms with Gasteiger partial charge in [0.2, 0.25) is 0 Å². The van der Waals surface area contributed by atoms with E-state index in [4.69, 9.17) is 0 Å². The highest BCUT2D eigenvalue weighted by atomic mass is 32.2. The molecule has 0 fully saturated rings. The van der Waals surface area contributed by atoms with E-state index in [9.17, 15) is 13.0 Å². The highest BCUT2D eigenvalue weighted by Gasteiger charge is 2.14. The van der Waals surface area contributed by atoms with Gasteiger partial charge in [-0.3, -0.25) is 0 Å². The molecule has 0 aliphatic heterocycles. The molecule has 13 heavy (non-hydrogen) atoms. The molecule has 2 aromatic rings. The molecule has 2 heterocycles. The first-order valence-electron chi connectivity index (χ1n) is 3.18. The maximum Gasteiger partial charge on any atom is 0.396 e. The van der Waals surface area contributed by atoms with Gasteiger partial charge in [0.15, 0.2) is 5.65 Å². The van der Waals surface area contributed by atoms with Crippen LogP contribution in [0.15, 0.2) is 18.9 Å². The SMILES string of the molecule is [O]S(=O)(=O)n1cnc2cncnc21. The third kappa shape index (κ3) is 1.25. The Labute approximate surface area is 73.0 Å². The number of rotatable bonds is 1. The van der Waals surface area contributed by atoms with Crippen LogP contribution in [0.1, 0.15) is 0 Å². The van der Waals surface area contributed by atoms with Gasteiger partial charge in [-0.15, -0.1) is 0 Å². The summed E-state index contributed by atoms with van der Waals surface area (Å²) in [5.74, 6) is 0. The van der Waals surface area contributed by atoms with E-state index < -0.39 is 10.3 Å². The molecule has 2 aromatic heterocycles. The van der Waals surface area contributed by atoms with Crippen molar-refractivity contribution in [2.45, 2.75) is 0 Å². The van der Waals surface area contributed by atoms with Crippen molar-refractivity contribution in [1.29, 1.82) is 0 Å². The molecule has 0 aliphatic carbocycles. The predicted octanol–water partition coefficient (Wildman–Crippen LogP) is -0.650. The number of fused-ring (bicyclic) bond motifs is 1. The molecule has 67 valence electrons. The van der Waals surface area contributed by atoms with Crippen LogP contribution in [0.4, 0.5) is 0 Å².